The molecule has 0 aliphatic heterocycles. The number of hydrogen-bond donors (Lipinski definition) is 0. The molecule has 0 unspecified atom stereocenters. The zero-order valence-electron chi connectivity index (χ0n) is 9.34. The fourth-order valence-electron chi connectivity index (χ4n) is 1.62. The number of benzene rings is 2. The van der Waals surface area contributed by atoms with Gasteiger partial charge in [-0.2, -0.15) is 8.78 Å². The molecule has 0 radical (unpaired) electrons. The maximum absolute atomic E-state index is 13.7. The molecule has 0 spiro atoms. The van der Waals surface area contributed by atoms with E-state index in [2.05, 4.69) is 4.74 Å². The van der Waals surface area contributed by atoms with Gasteiger partial charge in [-0.05, 0) is 24.3 Å². The number of halogens is 5. The van der Waals surface area contributed by atoms with Crippen LogP contribution in [0, 0.1) is 11.6 Å². The Morgan fingerprint density at radius 2 is 1.74 bits per heavy atom. The van der Waals surface area contributed by atoms with Gasteiger partial charge in [-0.15, -0.1) is 0 Å². The van der Waals surface area contributed by atoms with E-state index >= 15 is 0 Å². The highest BCUT2D eigenvalue weighted by atomic mass is 35.5. The molecule has 2 rings (SSSR count). The van der Waals surface area contributed by atoms with Crippen molar-refractivity contribution in [1.82, 2.24) is 0 Å². The van der Waals surface area contributed by atoms with Crippen molar-refractivity contribution in [2.45, 2.75) is 6.61 Å². The van der Waals surface area contributed by atoms with Crippen LogP contribution in [0.15, 0.2) is 36.4 Å². The highest BCUT2D eigenvalue weighted by molar-refractivity contribution is 6.31. The summed E-state index contributed by atoms with van der Waals surface area (Å²) in [5.41, 5.74) is -0.233. The van der Waals surface area contributed by atoms with E-state index in [1.807, 2.05) is 0 Å². The first-order valence-electron chi connectivity index (χ1n) is 5.18. The van der Waals surface area contributed by atoms with Gasteiger partial charge in [0.1, 0.15) is 5.75 Å². The summed E-state index contributed by atoms with van der Waals surface area (Å²) in [4.78, 5) is 0. The monoisotopic (exact) mass is 290 g/mol. The van der Waals surface area contributed by atoms with Crippen molar-refractivity contribution in [3.63, 3.8) is 0 Å². The molecular formula is C13H7ClF4O. The molecule has 100 valence electrons. The third-order valence-corrected chi connectivity index (χ3v) is 2.63. The number of ether oxygens (including phenoxy) is 1. The zero-order valence-corrected chi connectivity index (χ0v) is 10.1. The fraction of sp³-hybridized carbons (Fsp3) is 0.0769. The molecule has 0 bridgehead atoms. The zero-order chi connectivity index (χ0) is 14.0. The van der Waals surface area contributed by atoms with Gasteiger partial charge in [-0.3, -0.25) is 0 Å². The average molecular weight is 291 g/mol. The lowest BCUT2D eigenvalue weighted by molar-refractivity contribution is -0.0494. The molecule has 0 fully saturated rings. The first kappa shape index (κ1) is 13.7. The number of rotatable bonds is 3. The van der Waals surface area contributed by atoms with Gasteiger partial charge in [0.05, 0.1) is 0 Å². The Labute approximate surface area is 111 Å². The van der Waals surface area contributed by atoms with Crippen molar-refractivity contribution in [3.05, 3.63) is 53.1 Å². The number of alkyl halides is 2. The molecule has 0 saturated carbocycles. The first-order chi connectivity index (χ1) is 8.99. The Morgan fingerprint density at radius 3 is 2.42 bits per heavy atom. The molecule has 2 aromatic carbocycles. The Balaban J connectivity index is 2.59. The molecule has 0 aromatic heterocycles. The molecule has 19 heavy (non-hydrogen) atoms. The van der Waals surface area contributed by atoms with E-state index in [9.17, 15) is 17.6 Å². The van der Waals surface area contributed by atoms with Crippen LogP contribution in [0.2, 0.25) is 5.02 Å². The van der Waals surface area contributed by atoms with E-state index in [0.29, 0.717) is 0 Å². The van der Waals surface area contributed by atoms with Crippen LogP contribution in [-0.2, 0) is 0 Å². The summed E-state index contributed by atoms with van der Waals surface area (Å²) in [6, 6.07) is 7.17. The van der Waals surface area contributed by atoms with Gasteiger partial charge in [-0.1, -0.05) is 23.7 Å². The Kier molecular flexibility index (Phi) is 3.95. The highest BCUT2D eigenvalue weighted by Gasteiger charge is 2.16. The fourth-order valence-corrected chi connectivity index (χ4v) is 1.80. The molecule has 0 saturated heterocycles. The van der Waals surface area contributed by atoms with Crippen LogP contribution in [-0.4, -0.2) is 6.61 Å². The SMILES string of the molecule is Fc1cccc(-c2cc(Cl)ccc2OC(F)F)c1F. The van der Waals surface area contributed by atoms with Crippen molar-refractivity contribution in [1.29, 1.82) is 0 Å². The molecule has 0 atom stereocenters. The van der Waals surface area contributed by atoms with E-state index in [1.165, 1.54) is 30.3 Å². The minimum absolute atomic E-state index is 0.0372. The lowest BCUT2D eigenvalue weighted by Crippen LogP contribution is -2.03. The third-order valence-electron chi connectivity index (χ3n) is 2.40. The lowest BCUT2D eigenvalue weighted by Gasteiger charge is -2.12. The van der Waals surface area contributed by atoms with Crippen molar-refractivity contribution in [2.24, 2.45) is 0 Å². The summed E-state index contributed by atoms with van der Waals surface area (Å²) in [5, 5.41) is 0.195. The second-order valence-corrected chi connectivity index (χ2v) is 4.06. The topological polar surface area (TPSA) is 9.23 Å². The summed E-state index contributed by atoms with van der Waals surface area (Å²) in [5.74, 6) is -2.51. The van der Waals surface area contributed by atoms with Gasteiger partial charge in [0, 0.05) is 16.1 Å². The van der Waals surface area contributed by atoms with Gasteiger partial charge >= 0.3 is 6.61 Å². The van der Waals surface area contributed by atoms with E-state index in [1.54, 1.807) is 0 Å². The van der Waals surface area contributed by atoms with Crippen LogP contribution in [0.4, 0.5) is 17.6 Å². The summed E-state index contributed by atoms with van der Waals surface area (Å²) < 4.78 is 55.7. The molecule has 6 heteroatoms. The molecular weight excluding hydrogens is 284 g/mol. The Bertz CT molecular complexity index is 601. The van der Waals surface area contributed by atoms with Gasteiger partial charge < -0.3 is 4.74 Å². The second kappa shape index (κ2) is 5.48. The van der Waals surface area contributed by atoms with Gasteiger partial charge in [-0.25, -0.2) is 8.78 Å². The Hall–Kier alpha value is -1.75. The van der Waals surface area contributed by atoms with Crippen molar-refractivity contribution < 1.29 is 22.3 Å². The predicted molar refractivity (Wildman–Crippen MR) is 63.4 cm³/mol. The van der Waals surface area contributed by atoms with Crippen LogP contribution < -0.4 is 4.74 Å². The maximum Gasteiger partial charge on any atom is 0.387 e. The van der Waals surface area contributed by atoms with E-state index in [-0.39, 0.29) is 21.9 Å². The van der Waals surface area contributed by atoms with Crippen LogP contribution in [0.3, 0.4) is 0 Å². The standard InChI is InChI=1S/C13H7ClF4O/c14-7-4-5-11(19-13(17)18)9(6-7)8-2-1-3-10(15)12(8)16/h1-6,13H. The van der Waals surface area contributed by atoms with E-state index < -0.39 is 18.2 Å². The summed E-state index contributed by atoms with van der Waals surface area (Å²) in [6.45, 7) is -3.07. The predicted octanol–water partition coefficient (Wildman–Crippen LogP) is 4.89. The molecule has 0 amide bonds. The minimum Gasteiger partial charge on any atom is -0.434 e. The molecule has 0 N–H and O–H groups in total. The van der Waals surface area contributed by atoms with Crippen LogP contribution >= 0.6 is 11.6 Å². The van der Waals surface area contributed by atoms with Gasteiger partial charge in [0.2, 0.25) is 0 Å². The average Bonchev–Trinajstić information content (AvgIpc) is 2.35. The lowest BCUT2D eigenvalue weighted by atomic mass is 10.0. The molecule has 0 aliphatic carbocycles. The van der Waals surface area contributed by atoms with Gasteiger partial charge in [0.25, 0.3) is 0 Å². The largest absolute Gasteiger partial charge is 0.434 e. The van der Waals surface area contributed by atoms with Crippen molar-refractivity contribution in [2.75, 3.05) is 0 Å². The number of hydrogen-bond acceptors (Lipinski definition) is 1. The Morgan fingerprint density at radius 1 is 1.00 bits per heavy atom. The van der Waals surface area contributed by atoms with Crippen LogP contribution in [0.1, 0.15) is 0 Å². The summed E-state index contributed by atoms with van der Waals surface area (Å²) >= 11 is 5.74. The smallest absolute Gasteiger partial charge is 0.387 e. The summed E-state index contributed by atoms with van der Waals surface area (Å²) in [6.07, 6.45) is 0. The van der Waals surface area contributed by atoms with Crippen LogP contribution in [0.5, 0.6) is 5.75 Å². The first-order valence-corrected chi connectivity index (χ1v) is 5.55. The van der Waals surface area contributed by atoms with E-state index in [0.717, 1.165) is 6.07 Å². The quantitative estimate of drug-likeness (QED) is 0.732. The third kappa shape index (κ3) is 2.98. The van der Waals surface area contributed by atoms with Crippen LogP contribution in [0.25, 0.3) is 11.1 Å². The van der Waals surface area contributed by atoms with Crippen molar-refractivity contribution >= 4 is 11.6 Å². The van der Waals surface area contributed by atoms with Crippen molar-refractivity contribution in [3.8, 4) is 16.9 Å². The molecule has 0 heterocycles. The van der Waals surface area contributed by atoms with Gasteiger partial charge in [0.15, 0.2) is 11.6 Å². The molecule has 2 aromatic rings. The molecule has 1 nitrogen and oxygen atoms in total. The maximum atomic E-state index is 13.7. The summed E-state index contributed by atoms with van der Waals surface area (Å²) in [7, 11) is 0. The minimum atomic E-state index is -3.07. The highest BCUT2D eigenvalue weighted by Crippen LogP contribution is 2.35. The molecule has 0 aliphatic rings. The normalized spacial score (nSPS) is 10.8. The second-order valence-electron chi connectivity index (χ2n) is 3.62. The van der Waals surface area contributed by atoms with E-state index in [4.69, 9.17) is 11.6 Å².